The summed E-state index contributed by atoms with van der Waals surface area (Å²) < 4.78 is 28.2. The number of rotatable bonds is 4. The summed E-state index contributed by atoms with van der Waals surface area (Å²) >= 11 is 5.98. The zero-order valence-corrected chi connectivity index (χ0v) is 15.6. The molecule has 1 heterocycles. The number of ketones is 1. The Bertz CT molecular complexity index is 860. The minimum absolute atomic E-state index is 0.104. The first-order valence-corrected chi connectivity index (χ1v) is 9.00. The molecular weight excluding hydrogens is 374 g/mol. The van der Waals surface area contributed by atoms with Crippen LogP contribution in [0.4, 0.5) is 14.5 Å². The number of hydrogen-bond acceptors (Lipinski definition) is 3. The number of hydrogen-bond donors (Lipinski definition) is 0. The van der Waals surface area contributed by atoms with E-state index < -0.39 is 11.6 Å². The van der Waals surface area contributed by atoms with Gasteiger partial charge in [-0.25, -0.2) is 8.78 Å². The Kier molecular flexibility index (Phi) is 5.75. The number of amides is 1. The van der Waals surface area contributed by atoms with E-state index >= 15 is 0 Å². The van der Waals surface area contributed by atoms with Crippen molar-refractivity contribution in [2.75, 3.05) is 31.1 Å². The Morgan fingerprint density at radius 3 is 2.33 bits per heavy atom. The number of carbonyl (C=O) groups is 2. The summed E-state index contributed by atoms with van der Waals surface area (Å²) in [6.45, 7) is 3.10. The number of halogens is 3. The first kappa shape index (κ1) is 19.3. The molecule has 0 bridgehead atoms. The molecule has 2 aromatic carbocycles. The predicted octanol–water partition coefficient (Wildman–Crippen LogP) is 3.71. The van der Waals surface area contributed by atoms with Crippen LogP contribution in [0.15, 0.2) is 36.4 Å². The Balaban J connectivity index is 1.63. The Morgan fingerprint density at radius 2 is 1.74 bits per heavy atom. The first-order valence-electron chi connectivity index (χ1n) is 8.63. The van der Waals surface area contributed by atoms with E-state index in [0.717, 1.165) is 0 Å². The number of benzene rings is 2. The van der Waals surface area contributed by atoms with Gasteiger partial charge in [0, 0.05) is 42.3 Å². The molecule has 0 unspecified atom stereocenters. The normalized spacial score (nSPS) is 14.4. The fraction of sp³-hybridized carbons (Fsp3) is 0.300. The lowest BCUT2D eigenvalue weighted by Gasteiger charge is -2.36. The molecule has 0 aliphatic carbocycles. The number of Topliss-reactive ketones (excluding diaryl/α,β-unsaturated/α-hetero) is 1. The van der Waals surface area contributed by atoms with Crippen molar-refractivity contribution in [3.63, 3.8) is 0 Å². The summed E-state index contributed by atoms with van der Waals surface area (Å²) in [5, 5.41) is 0.231. The molecule has 1 aliphatic heterocycles. The lowest BCUT2D eigenvalue weighted by molar-refractivity contribution is -0.130. The summed E-state index contributed by atoms with van der Waals surface area (Å²) in [6, 6.07) is 8.74. The van der Waals surface area contributed by atoms with E-state index in [-0.39, 0.29) is 28.7 Å². The SMILES string of the molecule is CC(=O)c1ccc(N2CCN(C(=O)Cc3c(F)cccc3Cl)CC2)c(F)c1. The average Bonchev–Trinajstić information content (AvgIpc) is 2.64. The fourth-order valence-electron chi connectivity index (χ4n) is 3.14. The van der Waals surface area contributed by atoms with E-state index in [1.165, 1.54) is 25.1 Å². The maximum Gasteiger partial charge on any atom is 0.227 e. The van der Waals surface area contributed by atoms with Crippen molar-refractivity contribution >= 4 is 29.0 Å². The maximum atomic E-state index is 14.3. The molecule has 4 nitrogen and oxygen atoms in total. The van der Waals surface area contributed by atoms with Crippen LogP contribution in [-0.2, 0) is 11.2 Å². The molecule has 0 radical (unpaired) electrons. The van der Waals surface area contributed by atoms with Crippen LogP contribution in [0.5, 0.6) is 0 Å². The molecule has 0 N–H and O–H groups in total. The van der Waals surface area contributed by atoms with Gasteiger partial charge in [0.15, 0.2) is 5.78 Å². The van der Waals surface area contributed by atoms with E-state index in [1.54, 1.807) is 23.1 Å². The van der Waals surface area contributed by atoms with Gasteiger partial charge >= 0.3 is 0 Å². The first-order chi connectivity index (χ1) is 12.9. The predicted molar refractivity (Wildman–Crippen MR) is 100 cm³/mol. The standard InChI is InChI=1S/C20H19ClF2N2O2/c1-13(26)14-5-6-19(18(23)11-14)24-7-9-25(10-8-24)20(27)12-15-16(21)3-2-4-17(15)22/h2-6,11H,7-10,12H2,1H3. The zero-order chi connectivity index (χ0) is 19.6. The molecule has 1 fully saturated rings. The minimum Gasteiger partial charge on any atom is -0.366 e. The van der Waals surface area contributed by atoms with Crippen LogP contribution < -0.4 is 4.90 Å². The highest BCUT2D eigenvalue weighted by Gasteiger charge is 2.24. The highest BCUT2D eigenvalue weighted by atomic mass is 35.5. The number of nitrogens with zero attached hydrogens (tertiary/aromatic N) is 2. The lowest BCUT2D eigenvalue weighted by atomic mass is 10.1. The quantitative estimate of drug-likeness (QED) is 0.745. The smallest absolute Gasteiger partial charge is 0.227 e. The van der Waals surface area contributed by atoms with Gasteiger partial charge in [0.1, 0.15) is 11.6 Å². The summed E-state index contributed by atoms with van der Waals surface area (Å²) in [5.41, 5.74) is 0.925. The average molecular weight is 393 g/mol. The van der Waals surface area contributed by atoms with Gasteiger partial charge in [-0.15, -0.1) is 0 Å². The summed E-state index contributed by atoms with van der Waals surface area (Å²) in [5.74, 6) is -1.36. The van der Waals surface area contributed by atoms with Gasteiger partial charge in [0.05, 0.1) is 12.1 Å². The molecule has 0 atom stereocenters. The summed E-state index contributed by atoms with van der Waals surface area (Å²) in [4.78, 5) is 27.3. The zero-order valence-electron chi connectivity index (χ0n) is 14.8. The van der Waals surface area contributed by atoms with Gasteiger partial charge in [-0.3, -0.25) is 9.59 Å². The molecule has 1 amide bonds. The second-order valence-electron chi connectivity index (χ2n) is 6.47. The molecule has 3 rings (SSSR count). The highest BCUT2D eigenvalue weighted by Crippen LogP contribution is 2.24. The second-order valence-corrected chi connectivity index (χ2v) is 6.87. The van der Waals surface area contributed by atoms with E-state index in [9.17, 15) is 18.4 Å². The van der Waals surface area contributed by atoms with Gasteiger partial charge in [0.2, 0.25) is 5.91 Å². The van der Waals surface area contributed by atoms with Gasteiger partial charge in [-0.2, -0.15) is 0 Å². The van der Waals surface area contributed by atoms with Crippen molar-refractivity contribution in [2.24, 2.45) is 0 Å². The Morgan fingerprint density at radius 1 is 1.04 bits per heavy atom. The fourth-order valence-corrected chi connectivity index (χ4v) is 3.37. The van der Waals surface area contributed by atoms with Gasteiger partial charge in [-0.05, 0) is 37.3 Å². The van der Waals surface area contributed by atoms with Gasteiger partial charge in [0.25, 0.3) is 0 Å². The Hall–Kier alpha value is -2.47. The third-order valence-corrected chi connectivity index (χ3v) is 5.07. The molecule has 1 saturated heterocycles. The molecular formula is C20H19ClF2N2O2. The van der Waals surface area contributed by atoms with E-state index in [0.29, 0.717) is 37.4 Å². The van der Waals surface area contributed by atoms with Crippen molar-refractivity contribution in [2.45, 2.75) is 13.3 Å². The number of anilines is 1. The topological polar surface area (TPSA) is 40.6 Å². The third-order valence-electron chi connectivity index (χ3n) is 4.72. The maximum absolute atomic E-state index is 14.3. The molecule has 27 heavy (non-hydrogen) atoms. The molecule has 0 spiro atoms. The van der Waals surface area contributed by atoms with Crippen LogP contribution in [0, 0.1) is 11.6 Å². The lowest BCUT2D eigenvalue weighted by Crippen LogP contribution is -2.49. The van der Waals surface area contributed by atoms with Crippen LogP contribution >= 0.6 is 11.6 Å². The number of piperazine rings is 1. The van der Waals surface area contributed by atoms with Gasteiger partial charge < -0.3 is 9.80 Å². The van der Waals surface area contributed by atoms with Gasteiger partial charge in [-0.1, -0.05) is 17.7 Å². The molecule has 7 heteroatoms. The molecule has 142 valence electrons. The largest absolute Gasteiger partial charge is 0.366 e. The van der Waals surface area contributed by atoms with Crippen LogP contribution in [-0.4, -0.2) is 42.8 Å². The minimum atomic E-state index is -0.498. The molecule has 1 aliphatic rings. The van der Waals surface area contributed by atoms with Crippen LogP contribution in [0.2, 0.25) is 5.02 Å². The van der Waals surface area contributed by atoms with Crippen LogP contribution in [0.1, 0.15) is 22.8 Å². The van der Waals surface area contributed by atoms with Crippen molar-refractivity contribution in [3.8, 4) is 0 Å². The molecule has 0 saturated carbocycles. The monoisotopic (exact) mass is 392 g/mol. The van der Waals surface area contributed by atoms with Crippen LogP contribution in [0.25, 0.3) is 0 Å². The third kappa shape index (κ3) is 4.27. The summed E-state index contributed by atoms with van der Waals surface area (Å²) in [7, 11) is 0. The summed E-state index contributed by atoms with van der Waals surface area (Å²) in [6.07, 6.45) is -0.104. The second kappa shape index (κ2) is 8.05. The van der Waals surface area contributed by atoms with Crippen LogP contribution in [0.3, 0.4) is 0 Å². The van der Waals surface area contributed by atoms with Crippen molar-refractivity contribution in [1.82, 2.24) is 4.90 Å². The van der Waals surface area contributed by atoms with E-state index in [1.807, 2.05) is 4.90 Å². The highest BCUT2D eigenvalue weighted by molar-refractivity contribution is 6.31. The van der Waals surface area contributed by atoms with Crippen molar-refractivity contribution in [3.05, 3.63) is 64.2 Å². The van der Waals surface area contributed by atoms with Crippen molar-refractivity contribution in [1.29, 1.82) is 0 Å². The van der Waals surface area contributed by atoms with Crippen molar-refractivity contribution < 1.29 is 18.4 Å². The van der Waals surface area contributed by atoms with E-state index in [4.69, 9.17) is 11.6 Å². The molecule has 0 aromatic heterocycles. The molecule has 2 aromatic rings. The van der Waals surface area contributed by atoms with E-state index in [2.05, 4.69) is 0 Å². The number of carbonyl (C=O) groups excluding carboxylic acids is 2. The Labute approximate surface area is 161 Å².